The summed E-state index contributed by atoms with van der Waals surface area (Å²) in [5.41, 5.74) is 1.61. The van der Waals surface area contributed by atoms with Crippen LogP contribution in [0.5, 0.6) is 5.75 Å². The maximum Gasteiger partial charge on any atom is 0.225 e. The highest BCUT2D eigenvalue weighted by Crippen LogP contribution is 2.26. The highest BCUT2D eigenvalue weighted by atomic mass is 19.1. The van der Waals surface area contributed by atoms with Gasteiger partial charge in [0.05, 0.1) is 12.6 Å². The highest BCUT2D eigenvalue weighted by Gasteiger charge is 2.22. The van der Waals surface area contributed by atoms with Crippen LogP contribution in [0.3, 0.4) is 0 Å². The van der Waals surface area contributed by atoms with Crippen molar-refractivity contribution < 1.29 is 9.13 Å². The number of aromatic nitrogens is 2. The number of benzene rings is 2. The number of anilines is 2. The molecule has 0 unspecified atom stereocenters. The van der Waals surface area contributed by atoms with Crippen molar-refractivity contribution in [3.8, 4) is 5.75 Å². The number of para-hydroxylation sites is 1. The zero-order valence-corrected chi connectivity index (χ0v) is 18.4. The predicted molar refractivity (Wildman–Crippen MR) is 123 cm³/mol. The second kappa shape index (κ2) is 9.47. The van der Waals surface area contributed by atoms with Gasteiger partial charge in [0.1, 0.15) is 17.4 Å². The van der Waals surface area contributed by atoms with Crippen molar-refractivity contribution in [2.75, 3.05) is 31.4 Å². The van der Waals surface area contributed by atoms with Crippen LogP contribution in [-0.4, -0.2) is 43.3 Å². The van der Waals surface area contributed by atoms with Crippen LogP contribution in [0.15, 0.2) is 42.5 Å². The number of fused-ring (bicyclic) bond motifs is 1. The maximum absolute atomic E-state index is 14.1. The van der Waals surface area contributed by atoms with Crippen molar-refractivity contribution in [2.24, 2.45) is 0 Å². The van der Waals surface area contributed by atoms with E-state index in [1.54, 1.807) is 19.2 Å². The van der Waals surface area contributed by atoms with Crippen LogP contribution < -0.4 is 20.3 Å². The number of nitrogens with zero attached hydrogens (tertiary/aromatic N) is 3. The number of nitrogens with one attached hydrogen (secondary N) is 2. The first-order chi connectivity index (χ1) is 15.0. The summed E-state index contributed by atoms with van der Waals surface area (Å²) in [6.07, 6.45) is 4.11. The number of hydrogen-bond acceptors (Lipinski definition) is 6. The zero-order valence-electron chi connectivity index (χ0n) is 18.4. The molecule has 31 heavy (non-hydrogen) atoms. The van der Waals surface area contributed by atoms with Crippen molar-refractivity contribution in [2.45, 2.75) is 44.3 Å². The number of methoxy groups -OCH3 is 1. The molecule has 0 saturated heterocycles. The molecule has 2 aromatic carbocycles. The third-order valence-corrected chi connectivity index (χ3v) is 5.91. The molecule has 0 atom stereocenters. The van der Waals surface area contributed by atoms with Gasteiger partial charge in [-0.1, -0.05) is 18.2 Å². The van der Waals surface area contributed by atoms with Gasteiger partial charge < -0.3 is 20.3 Å². The van der Waals surface area contributed by atoms with Crippen molar-refractivity contribution in [1.82, 2.24) is 15.3 Å². The lowest BCUT2D eigenvalue weighted by Crippen LogP contribution is -2.37. The smallest absolute Gasteiger partial charge is 0.225 e. The molecule has 6 nitrogen and oxygen atoms in total. The average molecular weight is 424 g/mol. The van der Waals surface area contributed by atoms with Crippen molar-refractivity contribution >= 4 is 22.7 Å². The Balaban J connectivity index is 1.33. The lowest BCUT2D eigenvalue weighted by molar-refractivity contribution is 0.350. The average Bonchev–Trinajstić information content (AvgIpc) is 2.78. The van der Waals surface area contributed by atoms with E-state index in [-0.39, 0.29) is 5.82 Å². The number of rotatable bonds is 7. The fraction of sp³-hybridized carbons (Fsp3) is 0.417. The molecule has 1 fully saturated rings. The summed E-state index contributed by atoms with van der Waals surface area (Å²) in [5.74, 6) is 1.91. The molecular weight excluding hydrogens is 393 g/mol. The fourth-order valence-corrected chi connectivity index (χ4v) is 4.14. The van der Waals surface area contributed by atoms with Crippen LogP contribution in [0.4, 0.5) is 16.2 Å². The van der Waals surface area contributed by atoms with Gasteiger partial charge in [-0.2, -0.15) is 4.98 Å². The second-order valence-corrected chi connectivity index (χ2v) is 8.31. The van der Waals surface area contributed by atoms with Crippen LogP contribution in [-0.2, 0) is 6.54 Å². The number of halogens is 1. The van der Waals surface area contributed by atoms with Crippen molar-refractivity contribution in [1.29, 1.82) is 0 Å². The van der Waals surface area contributed by atoms with Crippen molar-refractivity contribution in [3.05, 3.63) is 53.8 Å². The normalized spacial score (nSPS) is 18.7. The molecule has 3 aromatic rings. The Morgan fingerprint density at radius 1 is 1.03 bits per heavy atom. The minimum atomic E-state index is -0.229. The molecule has 0 spiro atoms. The molecule has 0 radical (unpaired) electrons. The lowest BCUT2D eigenvalue weighted by atomic mass is 9.91. The summed E-state index contributed by atoms with van der Waals surface area (Å²) in [6.45, 7) is 0.526. The predicted octanol–water partition coefficient (Wildman–Crippen LogP) is 4.36. The van der Waals surface area contributed by atoms with E-state index in [9.17, 15) is 4.39 Å². The molecule has 1 heterocycles. The summed E-state index contributed by atoms with van der Waals surface area (Å²) >= 11 is 0. The van der Waals surface area contributed by atoms with E-state index in [2.05, 4.69) is 16.7 Å². The quantitative estimate of drug-likeness (QED) is 0.589. The first-order valence-corrected chi connectivity index (χ1v) is 10.8. The van der Waals surface area contributed by atoms with E-state index in [0.29, 0.717) is 35.9 Å². The number of hydrogen-bond donors (Lipinski definition) is 2. The van der Waals surface area contributed by atoms with Gasteiger partial charge in [-0.25, -0.2) is 9.37 Å². The van der Waals surface area contributed by atoms with E-state index >= 15 is 0 Å². The van der Waals surface area contributed by atoms with Gasteiger partial charge in [-0.15, -0.1) is 0 Å². The molecule has 0 aliphatic heterocycles. The molecule has 1 aliphatic carbocycles. The Kier molecular flexibility index (Phi) is 6.51. The van der Waals surface area contributed by atoms with Gasteiger partial charge in [-0.05, 0) is 43.9 Å². The lowest BCUT2D eigenvalue weighted by Gasteiger charge is -2.30. The van der Waals surface area contributed by atoms with Crippen molar-refractivity contribution in [3.63, 3.8) is 0 Å². The molecule has 1 aromatic heterocycles. The Hall–Kier alpha value is -2.93. The summed E-state index contributed by atoms with van der Waals surface area (Å²) in [7, 11) is 5.55. The van der Waals surface area contributed by atoms with Gasteiger partial charge in [0.25, 0.3) is 0 Å². The highest BCUT2D eigenvalue weighted by molar-refractivity contribution is 5.90. The first kappa shape index (κ1) is 21.3. The molecule has 4 rings (SSSR count). The first-order valence-electron chi connectivity index (χ1n) is 10.8. The Labute approximate surface area is 182 Å². The fourth-order valence-electron chi connectivity index (χ4n) is 4.14. The Bertz CT molecular complexity index is 1030. The maximum atomic E-state index is 14.1. The molecule has 1 saturated carbocycles. The van der Waals surface area contributed by atoms with Gasteiger partial charge in [0.15, 0.2) is 0 Å². The summed E-state index contributed by atoms with van der Waals surface area (Å²) < 4.78 is 19.2. The van der Waals surface area contributed by atoms with E-state index in [0.717, 1.165) is 42.4 Å². The molecule has 7 heteroatoms. The summed E-state index contributed by atoms with van der Waals surface area (Å²) in [5, 5.41) is 8.09. The van der Waals surface area contributed by atoms with E-state index < -0.39 is 0 Å². The van der Waals surface area contributed by atoms with Gasteiger partial charge in [-0.3, -0.25) is 0 Å². The molecule has 2 N–H and O–H groups in total. The van der Waals surface area contributed by atoms with Gasteiger partial charge in [0.2, 0.25) is 5.95 Å². The molecule has 0 amide bonds. The minimum Gasteiger partial charge on any atom is -0.497 e. The zero-order chi connectivity index (χ0) is 21.8. The third kappa shape index (κ3) is 5.05. The largest absolute Gasteiger partial charge is 0.497 e. The van der Waals surface area contributed by atoms with Crippen LogP contribution in [0.25, 0.3) is 10.9 Å². The molecular formula is C24H30FN5O. The van der Waals surface area contributed by atoms with Crippen LogP contribution in [0.2, 0.25) is 0 Å². The third-order valence-electron chi connectivity index (χ3n) is 5.91. The molecule has 164 valence electrons. The molecule has 0 bridgehead atoms. The van der Waals surface area contributed by atoms with Gasteiger partial charge >= 0.3 is 0 Å². The van der Waals surface area contributed by atoms with E-state index in [1.807, 2.05) is 37.2 Å². The topological polar surface area (TPSA) is 62.3 Å². The van der Waals surface area contributed by atoms with Gasteiger partial charge in [0, 0.05) is 49.7 Å². The number of ether oxygens (including phenoxy) is 1. The minimum absolute atomic E-state index is 0.229. The second-order valence-electron chi connectivity index (χ2n) is 8.31. The van der Waals surface area contributed by atoms with Crippen LogP contribution in [0.1, 0.15) is 31.2 Å². The van der Waals surface area contributed by atoms with E-state index in [1.165, 1.54) is 6.07 Å². The monoisotopic (exact) mass is 423 g/mol. The standard InChI is InChI=1S/C24H30FN5O/c1-30(2)23-20-6-4-5-7-22(20)28-24(29-23)27-18-11-9-17(10-12-18)26-15-16-8-13-19(31-3)14-21(16)25/h4-8,13-14,17-18,26H,9-12,15H2,1-3H3,(H,27,28,29)/t17-,18+. The Morgan fingerprint density at radius 3 is 2.48 bits per heavy atom. The van der Waals surface area contributed by atoms with Crippen LogP contribution >= 0.6 is 0 Å². The Morgan fingerprint density at radius 2 is 1.77 bits per heavy atom. The van der Waals surface area contributed by atoms with E-state index in [4.69, 9.17) is 14.7 Å². The summed E-state index contributed by atoms with van der Waals surface area (Å²) in [4.78, 5) is 11.5. The van der Waals surface area contributed by atoms with Crippen LogP contribution in [0, 0.1) is 5.82 Å². The summed E-state index contributed by atoms with van der Waals surface area (Å²) in [6, 6.07) is 13.8. The molecule has 1 aliphatic rings. The SMILES string of the molecule is COc1ccc(CN[C@H]2CC[C@@H](Nc3nc(N(C)C)c4ccccc4n3)CC2)c(F)c1.